The zero-order valence-corrected chi connectivity index (χ0v) is 17.1. The van der Waals surface area contributed by atoms with Crippen LogP contribution in [0.4, 0.5) is 5.69 Å². The van der Waals surface area contributed by atoms with E-state index in [1.54, 1.807) is 18.2 Å². The lowest BCUT2D eigenvalue weighted by Crippen LogP contribution is -2.15. The molecular formula is C22H20Cl3NO. The average molecular weight is 421 g/mol. The number of nitrogens with one attached hydrogen (secondary N) is 1. The first-order valence-electron chi connectivity index (χ1n) is 8.64. The molecule has 2 atom stereocenters. The molecule has 2 N–H and O–H groups in total. The lowest BCUT2D eigenvalue weighted by atomic mass is 9.96. The highest BCUT2D eigenvalue weighted by atomic mass is 35.5. The maximum atomic E-state index is 10.7. The molecule has 0 aliphatic heterocycles. The molecule has 27 heavy (non-hydrogen) atoms. The van der Waals surface area contributed by atoms with Crippen molar-refractivity contribution in [1.82, 2.24) is 0 Å². The second kappa shape index (κ2) is 8.99. The van der Waals surface area contributed by atoms with Crippen molar-refractivity contribution < 1.29 is 5.11 Å². The summed E-state index contributed by atoms with van der Waals surface area (Å²) in [5, 5.41) is 15.9. The van der Waals surface area contributed by atoms with Gasteiger partial charge in [0.25, 0.3) is 0 Å². The summed E-state index contributed by atoms with van der Waals surface area (Å²) in [6.07, 6.45) is -0.187. The maximum absolute atomic E-state index is 10.7. The zero-order chi connectivity index (χ0) is 19.4. The van der Waals surface area contributed by atoms with Gasteiger partial charge in [-0.3, -0.25) is 0 Å². The SMILES string of the molecule is Cc1ccc(NC(CC(O)c2ccc(Cl)cc2)c2ccc(Cl)c(Cl)c2)cc1. The summed E-state index contributed by atoms with van der Waals surface area (Å²) in [7, 11) is 0. The molecule has 2 nitrogen and oxygen atoms in total. The van der Waals surface area contributed by atoms with Gasteiger partial charge in [-0.25, -0.2) is 0 Å². The van der Waals surface area contributed by atoms with E-state index in [1.165, 1.54) is 5.56 Å². The van der Waals surface area contributed by atoms with Crippen LogP contribution in [0.15, 0.2) is 66.7 Å². The Bertz CT molecular complexity index is 894. The van der Waals surface area contributed by atoms with E-state index in [9.17, 15) is 5.11 Å². The predicted molar refractivity (Wildman–Crippen MR) is 115 cm³/mol. The largest absolute Gasteiger partial charge is 0.388 e. The molecule has 0 amide bonds. The zero-order valence-electron chi connectivity index (χ0n) is 14.8. The van der Waals surface area contributed by atoms with Crippen LogP contribution in [-0.4, -0.2) is 5.11 Å². The monoisotopic (exact) mass is 419 g/mol. The number of hydrogen-bond acceptors (Lipinski definition) is 2. The molecule has 0 aromatic heterocycles. The van der Waals surface area contributed by atoms with Crippen LogP contribution >= 0.6 is 34.8 Å². The van der Waals surface area contributed by atoms with Crippen molar-refractivity contribution >= 4 is 40.5 Å². The Morgan fingerprint density at radius 2 is 1.44 bits per heavy atom. The van der Waals surface area contributed by atoms with E-state index in [0.29, 0.717) is 21.5 Å². The first-order chi connectivity index (χ1) is 12.9. The molecule has 3 rings (SSSR count). The Hall–Kier alpha value is -1.71. The molecule has 3 aromatic rings. The molecule has 0 spiro atoms. The van der Waals surface area contributed by atoms with Gasteiger partial charge in [-0.15, -0.1) is 0 Å². The molecule has 0 fully saturated rings. The minimum atomic E-state index is -0.653. The molecule has 140 valence electrons. The topological polar surface area (TPSA) is 32.3 Å². The van der Waals surface area contributed by atoms with Gasteiger partial charge in [-0.2, -0.15) is 0 Å². The van der Waals surface area contributed by atoms with E-state index in [1.807, 2.05) is 55.5 Å². The fourth-order valence-electron chi connectivity index (χ4n) is 2.90. The third-order valence-electron chi connectivity index (χ3n) is 4.45. The third-order valence-corrected chi connectivity index (χ3v) is 5.44. The Balaban J connectivity index is 1.87. The van der Waals surface area contributed by atoms with Gasteiger partial charge in [-0.05, 0) is 54.4 Å². The Labute approximate surface area is 174 Å². The van der Waals surface area contributed by atoms with Gasteiger partial charge in [0.2, 0.25) is 0 Å². The van der Waals surface area contributed by atoms with E-state index in [0.717, 1.165) is 16.8 Å². The van der Waals surface area contributed by atoms with Gasteiger partial charge in [0.15, 0.2) is 0 Å². The van der Waals surface area contributed by atoms with Crippen LogP contribution < -0.4 is 5.32 Å². The fourth-order valence-corrected chi connectivity index (χ4v) is 3.34. The number of anilines is 1. The van der Waals surface area contributed by atoms with Crippen LogP contribution in [-0.2, 0) is 0 Å². The Kier molecular flexibility index (Phi) is 6.67. The quantitative estimate of drug-likeness (QED) is 0.441. The molecule has 0 heterocycles. The average Bonchev–Trinajstić information content (AvgIpc) is 2.65. The van der Waals surface area contributed by atoms with Crippen LogP contribution in [0.5, 0.6) is 0 Å². The Morgan fingerprint density at radius 3 is 2.07 bits per heavy atom. The number of aryl methyl sites for hydroxylation is 1. The van der Waals surface area contributed by atoms with E-state index in [-0.39, 0.29) is 6.04 Å². The highest BCUT2D eigenvalue weighted by Crippen LogP contribution is 2.33. The van der Waals surface area contributed by atoms with Crippen molar-refractivity contribution in [1.29, 1.82) is 0 Å². The van der Waals surface area contributed by atoms with Crippen molar-refractivity contribution in [3.05, 3.63) is 98.5 Å². The molecule has 2 unspecified atom stereocenters. The van der Waals surface area contributed by atoms with Gasteiger partial charge >= 0.3 is 0 Å². The van der Waals surface area contributed by atoms with Gasteiger partial charge < -0.3 is 10.4 Å². The van der Waals surface area contributed by atoms with E-state index in [2.05, 4.69) is 5.32 Å². The van der Waals surface area contributed by atoms with Crippen LogP contribution in [0.25, 0.3) is 0 Å². The first kappa shape index (κ1) is 20.0. The summed E-state index contributed by atoms with van der Waals surface area (Å²) in [6.45, 7) is 2.05. The molecule has 0 bridgehead atoms. The van der Waals surface area contributed by atoms with Crippen molar-refractivity contribution in [3.63, 3.8) is 0 Å². The highest BCUT2D eigenvalue weighted by molar-refractivity contribution is 6.42. The van der Waals surface area contributed by atoms with Crippen molar-refractivity contribution in [2.24, 2.45) is 0 Å². The van der Waals surface area contributed by atoms with Crippen molar-refractivity contribution in [2.45, 2.75) is 25.5 Å². The fraction of sp³-hybridized carbons (Fsp3) is 0.182. The number of hydrogen-bond donors (Lipinski definition) is 2. The summed E-state index contributed by atoms with van der Waals surface area (Å²) in [6, 6.07) is 20.8. The molecule has 0 radical (unpaired) electrons. The molecule has 0 aliphatic carbocycles. The molecule has 0 saturated carbocycles. The molecule has 5 heteroatoms. The van der Waals surface area contributed by atoms with Crippen molar-refractivity contribution in [2.75, 3.05) is 5.32 Å². The first-order valence-corrected chi connectivity index (χ1v) is 9.77. The molecular weight excluding hydrogens is 401 g/mol. The van der Waals surface area contributed by atoms with Crippen LogP contribution in [0.3, 0.4) is 0 Å². The molecule has 0 aliphatic rings. The van der Waals surface area contributed by atoms with Crippen molar-refractivity contribution in [3.8, 4) is 0 Å². The van der Waals surface area contributed by atoms with E-state index < -0.39 is 6.10 Å². The smallest absolute Gasteiger partial charge is 0.0813 e. The lowest BCUT2D eigenvalue weighted by molar-refractivity contribution is 0.160. The van der Waals surface area contributed by atoms with Crippen LogP contribution in [0.2, 0.25) is 15.1 Å². The summed E-state index contributed by atoms with van der Waals surface area (Å²) in [5.41, 5.74) is 3.93. The second-order valence-electron chi connectivity index (χ2n) is 6.54. The second-order valence-corrected chi connectivity index (χ2v) is 7.79. The summed E-state index contributed by atoms with van der Waals surface area (Å²) in [4.78, 5) is 0. The standard InChI is InChI=1S/C22H20Cl3NO/c1-14-2-9-18(10-3-14)26-21(16-6-11-19(24)20(25)12-16)13-22(27)15-4-7-17(23)8-5-15/h2-12,21-22,26-27H,13H2,1H3. The van der Waals surface area contributed by atoms with Gasteiger partial charge in [0, 0.05) is 17.1 Å². The highest BCUT2D eigenvalue weighted by Gasteiger charge is 2.19. The van der Waals surface area contributed by atoms with Crippen LogP contribution in [0, 0.1) is 6.92 Å². The number of aliphatic hydroxyl groups is 1. The molecule has 3 aromatic carbocycles. The van der Waals surface area contributed by atoms with Gasteiger partial charge in [0.05, 0.1) is 22.2 Å². The lowest BCUT2D eigenvalue weighted by Gasteiger charge is -2.24. The van der Waals surface area contributed by atoms with E-state index in [4.69, 9.17) is 34.8 Å². The summed E-state index contributed by atoms with van der Waals surface area (Å²) >= 11 is 18.2. The number of rotatable bonds is 6. The number of aliphatic hydroxyl groups excluding tert-OH is 1. The summed E-state index contributed by atoms with van der Waals surface area (Å²) < 4.78 is 0. The normalized spacial score (nSPS) is 13.2. The van der Waals surface area contributed by atoms with Gasteiger partial charge in [0.1, 0.15) is 0 Å². The third kappa shape index (κ3) is 5.40. The minimum absolute atomic E-state index is 0.145. The minimum Gasteiger partial charge on any atom is -0.388 e. The van der Waals surface area contributed by atoms with Crippen LogP contribution in [0.1, 0.15) is 35.3 Å². The number of halogens is 3. The van der Waals surface area contributed by atoms with Gasteiger partial charge in [-0.1, -0.05) is 70.7 Å². The Morgan fingerprint density at radius 1 is 0.815 bits per heavy atom. The summed E-state index contributed by atoms with van der Waals surface area (Å²) in [5.74, 6) is 0. The maximum Gasteiger partial charge on any atom is 0.0813 e. The van der Waals surface area contributed by atoms with E-state index >= 15 is 0 Å². The molecule has 0 saturated heterocycles. The predicted octanol–water partition coefficient (Wildman–Crippen LogP) is 7.23. The number of benzene rings is 3.